The van der Waals surface area contributed by atoms with Crippen LogP contribution in [0.3, 0.4) is 0 Å². The fraction of sp³-hybridized carbons (Fsp3) is 0.281. The smallest absolute Gasteiger partial charge is 0.343 e. The van der Waals surface area contributed by atoms with E-state index in [-0.39, 0.29) is 0 Å². The standard InChI is InChI=1S/C64H60Br2O4/c1-3-5-41-7-11-43(12-8-41)45-15-19-47(20-16-45)51-27-35-57-53(39-51)29-37-59(69-63(67)49-23-31-55(65)32-24-49)61(57)62-58-36-28-52(48-21-17-46(18-22-48)44-13-9-42(6-4-2)10-14-44)40-54(58)30-38-60(62)70-64(68)50-25-33-56(66)34-26-50/h15-44H,3-14H2,1-2H3. The molecule has 6 heteroatoms. The van der Waals surface area contributed by atoms with Gasteiger partial charge in [-0.2, -0.15) is 0 Å². The molecule has 2 saturated carbocycles. The van der Waals surface area contributed by atoms with E-state index in [1.54, 1.807) is 24.3 Å². The van der Waals surface area contributed by atoms with Crippen LogP contribution < -0.4 is 9.47 Å². The molecule has 10 rings (SSSR count). The van der Waals surface area contributed by atoms with Crippen molar-refractivity contribution in [2.45, 2.75) is 103 Å². The van der Waals surface area contributed by atoms with Gasteiger partial charge in [0.1, 0.15) is 11.5 Å². The Morgan fingerprint density at radius 2 is 0.786 bits per heavy atom. The van der Waals surface area contributed by atoms with Gasteiger partial charge in [-0.05, 0) is 203 Å². The van der Waals surface area contributed by atoms with Gasteiger partial charge in [0.25, 0.3) is 0 Å². The van der Waals surface area contributed by atoms with Crippen molar-refractivity contribution in [2.75, 3.05) is 0 Å². The first-order valence-electron chi connectivity index (χ1n) is 25.5. The van der Waals surface area contributed by atoms with Crippen LogP contribution >= 0.6 is 31.9 Å². The van der Waals surface area contributed by atoms with Gasteiger partial charge in [-0.15, -0.1) is 0 Å². The molecule has 0 bridgehead atoms. The van der Waals surface area contributed by atoms with Crippen molar-refractivity contribution in [3.05, 3.63) is 189 Å². The van der Waals surface area contributed by atoms with E-state index in [1.165, 1.54) is 88.2 Å². The van der Waals surface area contributed by atoms with Crippen LogP contribution in [0.1, 0.15) is 135 Å². The van der Waals surface area contributed by atoms with Crippen molar-refractivity contribution in [1.82, 2.24) is 0 Å². The zero-order valence-corrected chi connectivity index (χ0v) is 43.4. The van der Waals surface area contributed by atoms with Crippen molar-refractivity contribution in [3.63, 3.8) is 0 Å². The molecule has 354 valence electrons. The van der Waals surface area contributed by atoms with Gasteiger partial charge < -0.3 is 9.47 Å². The fourth-order valence-corrected chi connectivity index (χ4v) is 12.0. The highest BCUT2D eigenvalue weighted by atomic mass is 79.9. The van der Waals surface area contributed by atoms with Crippen LogP contribution in [0.15, 0.2) is 167 Å². The van der Waals surface area contributed by atoms with E-state index in [4.69, 9.17) is 9.47 Å². The van der Waals surface area contributed by atoms with Crippen molar-refractivity contribution < 1.29 is 19.1 Å². The first-order valence-corrected chi connectivity index (χ1v) is 27.1. The molecule has 8 aromatic carbocycles. The van der Waals surface area contributed by atoms with Gasteiger partial charge in [-0.25, -0.2) is 9.59 Å². The number of ether oxygens (including phenoxy) is 2. The number of hydrogen-bond acceptors (Lipinski definition) is 4. The normalized spacial score (nSPS) is 18.2. The molecule has 0 unspecified atom stereocenters. The summed E-state index contributed by atoms with van der Waals surface area (Å²) in [6.07, 6.45) is 15.6. The molecule has 70 heavy (non-hydrogen) atoms. The number of carbonyl (C=O) groups excluding carboxylic acids is 2. The van der Waals surface area contributed by atoms with Crippen molar-refractivity contribution in [3.8, 4) is 44.9 Å². The number of carbonyl (C=O) groups is 2. The molecular weight excluding hydrogens is 993 g/mol. The van der Waals surface area contributed by atoms with E-state index in [2.05, 4.69) is 131 Å². The number of fused-ring (bicyclic) bond motifs is 2. The second-order valence-electron chi connectivity index (χ2n) is 19.8. The van der Waals surface area contributed by atoms with Crippen molar-refractivity contribution in [2.24, 2.45) is 11.8 Å². The lowest BCUT2D eigenvalue weighted by Crippen LogP contribution is -2.13. The monoisotopic (exact) mass is 1050 g/mol. The minimum Gasteiger partial charge on any atom is -0.422 e. The Labute approximate surface area is 430 Å². The largest absolute Gasteiger partial charge is 0.422 e. The first-order chi connectivity index (χ1) is 34.2. The molecule has 0 radical (unpaired) electrons. The minimum atomic E-state index is -0.489. The highest BCUT2D eigenvalue weighted by molar-refractivity contribution is 9.10. The summed E-state index contributed by atoms with van der Waals surface area (Å²) in [6, 6.07) is 53.4. The molecule has 0 amide bonds. The maximum Gasteiger partial charge on any atom is 0.343 e. The Morgan fingerprint density at radius 3 is 1.14 bits per heavy atom. The van der Waals surface area contributed by atoms with E-state index >= 15 is 0 Å². The summed E-state index contributed by atoms with van der Waals surface area (Å²) in [6.45, 7) is 4.60. The predicted octanol–water partition coefficient (Wildman–Crippen LogP) is 19.1. The van der Waals surface area contributed by atoms with Gasteiger partial charge >= 0.3 is 11.9 Å². The summed E-state index contributed by atoms with van der Waals surface area (Å²) in [4.78, 5) is 28.1. The summed E-state index contributed by atoms with van der Waals surface area (Å²) in [7, 11) is 0. The van der Waals surface area contributed by atoms with Crippen LogP contribution in [0.2, 0.25) is 0 Å². The third-order valence-corrected chi connectivity index (χ3v) is 16.4. The molecule has 2 aliphatic rings. The Morgan fingerprint density at radius 1 is 0.429 bits per heavy atom. The number of benzene rings is 8. The highest BCUT2D eigenvalue weighted by Crippen LogP contribution is 2.48. The number of rotatable bonds is 13. The number of esters is 2. The van der Waals surface area contributed by atoms with Crippen LogP contribution in [0.5, 0.6) is 11.5 Å². The van der Waals surface area contributed by atoms with Crippen LogP contribution in [-0.4, -0.2) is 11.9 Å². The van der Waals surface area contributed by atoms with Gasteiger partial charge in [-0.3, -0.25) is 0 Å². The molecule has 0 aliphatic heterocycles. The van der Waals surface area contributed by atoms with Gasteiger partial charge in [0, 0.05) is 20.1 Å². The molecule has 0 spiro atoms. The summed E-state index contributed by atoms with van der Waals surface area (Å²) >= 11 is 7.00. The van der Waals surface area contributed by atoms with Gasteiger partial charge in [0.15, 0.2) is 0 Å². The van der Waals surface area contributed by atoms with E-state index in [0.29, 0.717) is 45.6 Å². The molecular formula is C64H60Br2O4. The van der Waals surface area contributed by atoms with Crippen LogP contribution in [-0.2, 0) is 0 Å². The van der Waals surface area contributed by atoms with Crippen molar-refractivity contribution >= 4 is 65.3 Å². The van der Waals surface area contributed by atoms with Gasteiger partial charge in [-0.1, -0.05) is 156 Å². The zero-order valence-electron chi connectivity index (χ0n) is 40.2. The van der Waals surface area contributed by atoms with Crippen molar-refractivity contribution in [1.29, 1.82) is 0 Å². The second-order valence-corrected chi connectivity index (χ2v) is 21.6. The van der Waals surface area contributed by atoms with Crippen LogP contribution in [0.4, 0.5) is 0 Å². The zero-order chi connectivity index (χ0) is 48.1. The summed E-state index contributed by atoms with van der Waals surface area (Å²) in [5.74, 6) is 2.74. The van der Waals surface area contributed by atoms with Gasteiger partial charge in [0.2, 0.25) is 0 Å². The average Bonchev–Trinajstić information content (AvgIpc) is 3.39. The lowest BCUT2D eigenvalue weighted by atomic mass is 9.77. The maximum atomic E-state index is 14.1. The Kier molecular flexibility index (Phi) is 14.8. The quantitative estimate of drug-likeness (QED) is 0.0853. The lowest BCUT2D eigenvalue weighted by molar-refractivity contribution is 0.0723. The Hall–Kier alpha value is -5.82. The second kappa shape index (κ2) is 21.7. The Balaban J connectivity index is 1.06. The summed E-state index contributed by atoms with van der Waals surface area (Å²) in [5, 5.41) is 3.66. The molecule has 0 N–H and O–H groups in total. The SMILES string of the molecule is CCCC1CCC(c2ccc(-c3ccc4c(-c5c(OC(=O)c6ccc(Br)cc6)ccc6cc(-c7ccc(C8CCC(CCC)CC8)cc7)ccc56)c(OC(=O)c5ccc(Br)cc5)ccc4c3)cc2)CC1. The fourth-order valence-electron chi connectivity index (χ4n) is 11.4. The topological polar surface area (TPSA) is 52.6 Å². The van der Waals surface area contributed by atoms with Crippen LogP contribution in [0.25, 0.3) is 54.9 Å². The van der Waals surface area contributed by atoms with Crippen LogP contribution in [0, 0.1) is 11.8 Å². The van der Waals surface area contributed by atoms with E-state index in [0.717, 1.165) is 64.6 Å². The molecule has 0 saturated heterocycles. The molecule has 0 aromatic heterocycles. The third kappa shape index (κ3) is 10.6. The van der Waals surface area contributed by atoms with E-state index in [9.17, 15) is 9.59 Å². The third-order valence-electron chi connectivity index (χ3n) is 15.3. The molecule has 2 fully saturated rings. The number of hydrogen-bond donors (Lipinski definition) is 0. The van der Waals surface area contributed by atoms with E-state index in [1.807, 2.05) is 48.5 Å². The average molecular weight is 1050 g/mol. The van der Waals surface area contributed by atoms with E-state index < -0.39 is 11.9 Å². The Bertz CT molecular complexity index is 2910. The summed E-state index contributed by atoms with van der Waals surface area (Å²) < 4.78 is 14.6. The predicted molar refractivity (Wildman–Crippen MR) is 295 cm³/mol. The molecule has 0 atom stereocenters. The lowest BCUT2D eigenvalue weighted by Gasteiger charge is -2.28. The summed E-state index contributed by atoms with van der Waals surface area (Å²) in [5.41, 5.74) is 9.51. The maximum absolute atomic E-state index is 14.1. The molecule has 2 aliphatic carbocycles. The molecule has 8 aromatic rings. The van der Waals surface area contributed by atoms with Gasteiger partial charge in [0.05, 0.1) is 11.1 Å². The highest BCUT2D eigenvalue weighted by Gasteiger charge is 2.26. The molecule has 4 nitrogen and oxygen atoms in total. The minimum absolute atomic E-state index is 0.364. The number of halogens is 2. The first kappa shape index (κ1) is 47.8. The molecule has 0 heterocycles.